The predicted molar refractivity (Wildman–Crippen MR) is 138 cm³/mol. The van der Waals surface area contributed by atoms with Crippen LogP contribution in [0.15, 0.2) is 95.5 Å². The fraction of sp³-hybridized carbons (Fsp3) is 0.148. The molecule has 192 valence electrons. The Bertz CT molecular complexity index is 1240. The standard InChI is InChI=1S/C27H25BrN2O7/c28-19-15-16-22(31)21(17-19)25(37-27(34)29-26(33)18-9-3-1-4-10-18)23(13-7-8-14-24(32)30-35)36-20-11-5-2-6-12-20/h1-6,8-12,14-17,23,25,31,35H,7,13H2,(H,30,32)(H,29,33,34)/b14-8+/t23-,25-/m1/s1. The van der Waals surface area contributed by atoms with E-state index in [1.807, 2.05) is 6.07 Å². The minimum Gasteiger partial charge on any atom is -0.508 e. The quantitative estimate of drug-likeness (QED) is 0.153. The average molecular weight is 569 g/mol. The van der Waals surface area contributed by atoms with Gasteiger partial charge in [0.15, 0.2) is 6.10 Å². The molecule has 37 heavy (non-hydrogen) atoms. The van der Waals surface area contributed by atoms with Crippen molar-refractivity contribution in [1.29, 1.82) is 0 Å². The van der Waals surface area contributed by atoms with Crippen molar-refractivity contribution in [3.8, 4) is 11.5 Å². The lowest BCUT2D eigenvalue weighted by Gasteiger charge is -2.28. The maximum atomic E-state index is 12.8. The third-order valence-electron chi connectivity index (χ3n) is 5.15. The van der Waals surface area contributed by atoms with Crippen LogP contribution in [-0.2, 0) is 9.53 Å². The largest absolute Gasteiger partial charge is 0.508 e. The van der Waals surface area contributed by atoms with Crippen LogP contribution in [0.3, 0.4) is 0 Å². The minimum absolute atomic E-state index is 0.146. The average Bonchev–Trinajstić information content (AvgIpc) is 2.91. The van der Waals surface area contributed by atoms with Gasteiger partial charge < -0.3 is 14.6 Å². The van der Waals surface area contributed by atoms with E-state index in [2.05, 4.69) is 21.2 Å². The Morgan fingerprint density at radius 3 is 2.32 bits per heavy atom. The van der Waals surface area contributed by atoms with E-state index < -0.39 is 30.1 Å². The van der Waals surface area contributed by atoms with E-state index in [-0.39, 0.29) is 23.3 Å². The molecule has 3 rings (SSSR count). The highest BCUT2D eigenvalue weighted by molar-refractivity contribution is 9.10. The van der Waals surface area contributed by atoms with Gasteiger partial charge in [-0.1, -0.05) is 58.4 Å². The van der Waals surface area contributed by atoms with Gasteiger partial charge in [0.05, 0.1) is 0 Å². The van der Waals surface area contributed by atoms with Crippen molar-refractivity contribution in [1.82, 2.24) is 10.8 Å². The summed E-state index contributed by atoms with van der Waals surface area (Å²) in [5.74, 6) is -1.02. The first-order valence-electron chi connectivity index (χ1n) is 11.2. The number of carbonyl (C=O) groups excluding carboxylic acids is 3. The summed E-state index contributed by atoms with van der Waals surface area (Å²) in [5, 5.41) is 21.5. The number of hydrogen-bond acceptors (Lipinski definition) is 7. The van der Waals surface area contributed by atoms with Crippen LogP contribution in [0.4, 0.5) is 4.79 Å². The lowest BCUT2D eigenvalue weighted by atomic mass is 9.99. The van der Waals surface area contributed by atoms with Crippen molar-refractivity contribution < 1.29 is 34.2 Å². The van der Waals surface area contributed by atoms with Gasteiger partial charge in [-0.3, -0.25) is 20.1 Å². The van der Waals surface area contributed by atoms with Gasteiger partial charge in [0.1, 0.15) is 17.6 Å². The third kappa shape index (κ3) is 8.48. The van der Waals surface area contributed by atoms with Gasteiger partial charge in [-0.15, -0.1) is 0 Å². The number of allylic oxidation sites excluding steroid dienone is 1. The van der Waals surface area contributed by atoms with Gasteiger partial charge in [0, 0.05) is 21.7 Å². The Morgan fingerprint density at radius 2 is 1.65 bits per heavy atom. The van der Waals surface area contributed by atoms with Crippen molar-refractivity contribution in [2.45, 2.75) is 25.0 Å². The van der Waals surface area contributed by atoms with E-state index in [1.165, 1.54) is 17.6 Å². The number of carbonyl (C=O) groups is 3. The molecule has 0 saturated heterocycles. The first-order valence-corrected chi connectivity index (χ1v) is 12.0. The minimum atomic E-state index is -1.15. The number of aromatic hydroxyl groups is 1. The monoisotopic (exact) mass is 568 g/mol. The van der Waals surface area contributed by atoms with Crippen molar-refractivity contribution in [3.63, 3.8) is 0 Å². The molecule has 0 radical (unpaired) electrons. The summed E-state index contributed by atoms with van der Waals surface area (Å²) in [7, 11) is 0. The van der Waals surface area contributed by atoms with Gasteiger partial charge in [0.25, 0.3) is 11.8 Å². The van der Waals surface area contributed by atoms with Crippen molar-refractivity contribution >= 4 is 33.8 Å². The summed E-state index contributed by atoms with van der Waals surface area (Å²) in [4.78, 5) is 36.6. The van der Waals surface area contributed by atoms with Crippen LogP contribution in [-0.4, -0.2) is 34.3 Å². The number of rotatable bonds is 10. The molecule has 3 amide bonds. The van der Waals surface area contributed by atoms with Crippen LogP contribution in [0.5, 0.6) is 11.5 Å². The lowest BCUT2D eigenvalue weighted by Crippen LogP contribution is -2.36. The Kier molecular flexibility index (Phi) is 10.2. The molecule has 0 bridgehead atoms. The Hall–Kier alpha value is -4.15. The Balaban J connectivity index is 1.90. The predicted octanol–water partition coefficient (Wildman–Crippen LogP) is 5.05. The number of para-hydroxylation sites is 1. The highest BCUT2D eigenvalue weighted by Gasteiger charge is 2.32. The molecule has 0 aliphatic rings. The van der Waals surface area contributed by atoms with E-state index in [9.17, 15) is 19.5 Å². The number of halogens is 1. The van der Waals surface area contributed by atoms with Gasteiger partial charge in [-0.05, 0) is 55.3 Å². The molecule has 0 aliphatic carbocycles. The molecule has 9 nitrogen and oxygen atoms in total. The molecule has 0 aliphatic heterocycles. The van der Waals surface area contributed by atoms with Gasteiger partial charge in [-0.2, -0.15) is 0 Å². The van der Waals surface area contributed by atoms with E-state index in [4.69, 9.17) is 14.7 Å². The molecule has 3 aromatic rings. The number of phenolic OH excluding ortho intramolecular Hbond substituents is 1. The van der Waals surface area contributed by atoms with E-state index in [0.717, 1.165) is 6.08 Å². The first-order chi connectivity index (χ1) is 17.9. The van der Waals surface area contributed by atoms with E-state index in [0.29, 0.717) is 16.6 Å². The second-order valence-electron chi connectivity index (χ2n) is 7.77. The van der Waals surface area contributed by atoms with E-state index in [1.54, 1.807) is 66.7 Å². The van der Waals surface area contributed by atoms with E-state index >= 15 is 0 Å². The van der Waals surface area contributed by atoms with Crippen LogP contribution >= 0.6 is 15.9 Å². The number of ether oxygens (including phenoxy) is 2. The zero-order valence-corrected chi connectivity index (χ0v) is 21.1. The molecule has 0 aromatic heterocycles. The molecular formula is C27H25BrN2O7. The number of phenols is 1. The molecule has 4 N–H and O–H groups in total. The van der Waals surface area contributed by atoms with Crippen LogP contribution in [0, 0.1) is 0 Å². The molecule has 0 saturated carbocycles. The molecular weight excluding hydrogens is 544 g/mol. The topological polar surface area (TPSA) is 134 Å². The van der Waals surface area contributed by atoms with Gasteiger partial charge in [0.2, 0.25) is 0 Å². The number of amides is 3. The third-order valence-corrected chi connectivity index (χ3v) is 5.64. The fourth-order valence-electron chi connectivity index (χ4n) is 3.43. The highest BCUT2D eigenvalue weighted by atomic mass is 79.9. The number of hydroxylamine groups is 1. The number of hydrogen-bond donors (Lipinski definition) is 4. The zero-order valence-electron chi connectivity index (χ0n) is 19.5. The van der Waals surface area contributed by atoms with Crippen LogP contribution in [0.1, 0.15) is 34.9 Å². The fourth-order valence-corrected chi connectivity index (χ4v) is 3.80. The molecule has 2 atom stereocenters. The Labute approximate surface area is 221 Å². The number of alkyl carbamates (subject to hydrolysis) is 1. The second kappa shape index (κ2) is 13.8. The maximum Gasteiger partial charge on any atom is 0.414 e. The van der Waals surface area contributed by atoms with Gasteiger partial charge in [-0.25, -0.2) is 10.3 Å². The normalized spacial score (nSPS) is 12.4. The summed E-state index contributed by atoms with van der Waals surface area (Å²) in [6.45, 7) is 0. The second-order valence-corrected chi connectivity index (χ2v) is 8.69. The number of imide groups is 1. The summed E-state index contributed by atoms with van der Waals surface area (Å²) in [5.41, 5.74) is 2.02. The highest BCUT2D eigenvalue weighted by Crippen LogP contribution is 2.35. The van der Waals surface area contributed by atoms with Crippen molar-refractivity contribution in [2.75, 3.05) is 0 Å². The summed E-state index contributed by atoms with van der Waals surface area (Å²) in [6.07, 6.45) is 0.171. The van der Waals surface area contributed by atoms with Crippen LogP contribution in [0.25, 0.3) is 0 Å². The van der Waals surface area contributed by atoms with Crippen molar-refractivity contribution in [2.24, 2.45) is 0 Å². The smallest absolute Gasteiger partial charge is 0.414 e. The number of nitrogens with one attached hydrogen (secondary N) is 2. The lowest BCUT2D eigenvalue weighted by molar-refractivity contribution is -0.124. The molecule has 0 fully saturated rings. The first kappa shape index (κ1) is 27.4. The zero-order chi connectivity index (χ0) is 26.6. The summed E-state index contributed by atoms with van der Waals surface area (Å²) >= 11 is 3.36. The molecule has 10 heteroatoms. The summed E-state index contributed by atoms with van der Waals surface area (Å²) in [6, 6.07) is 21.6. The van der Waals surface area contributed by atoms with Crippen LogP contribution < -0.4 is 15.5 Å². The molecule has 3 aromatic carbocycles. The number of benzene rings is 3. The van der Waals surface area contributed by atoms with Crippen molar-refractivity contribution in [3.05, 3.63) is 107 Å². The summed E-state index contributed by atoms with van der Waals surface area (Å²) < 4.78 is 12.4. The molecule has 0 spiro atoms. The van der Waals surface area contributed by atoms with Crippen LogP contribution in [0.2, 0.25) is 0 Å². The molecule has 0 heterocycles. The maximum absolute atomic E-state index is 12.8. The SMILES string of the molecule is O=C(/C=C/CC[C@@H](Oc1ccccc1)[C@H](OC(=O)NC(=O)c1ccccc1)c1cc(Br)ccc1O)NO. The Morgan fingerprint density at radius 1 is 0.973 bits per heavy atom. The molecule has 0 unspecified atom stereocenters. The van der Waals surface area contributed by atoms with Gasteiger partial charge >= 0.3 is 6.09 Å².